The standard InChI is InChI=1S/C16H20O3/c1-16(2,3)15(17)9-6-12-4-7-13(8-5-12)18-10-14-11-19-14/h4-9,14H,10-11H2,1-3H3. The lowest BCUT2D eigenvalue weighted by Gasteiger charge is -2.12. The molecule has 1 aliphatic heterocycles. The van der Waals surface area contributed by atoms with Gasteiger partial charge in [0.05, 0.1) is 6.61 Å². The highest BCUT2D eigenvalue weighted by atomic mass is 16.6. The Bertz CT molecular complexity index is 462. The van der Waals surface area contributed by atoms with Crippen LogP contribution in [0.15, 0.2) is 30.3 Å². The maximum atomic E-state index is 11.8. The van der Waals surface area contributed by atoms with Gasteiger partial charge in [-0.15, -0.1) is 0 Å². The molecule has 1 unspecified atom stereocenters. The largest absolute Gasteiger partial charge is 0.491 e. The van der Waals surface area contributed by atoms with Crippen molar-refractivity contribution in [1.29, 1.82) is 0 Å². The Kier molecular flexibility index (Phi) is 4.05. The van der Waals surface area contributed by atoms with Crippen molar-refractivity contribution in [2.24, 2.45) is 5.41 Å². The van der Waals surface area contributed by atoms with Crippen molar-refractivity contribution < 1.29 is 14.3 Å². The number of epoxide rings is 1. The van der Waals surface area contributed by atoms with Gasteiger partial charge in [0.1, 0.15) is 18.5 Å². The summed E-state index contributed by atoms with van der Waals surface area (Å²) in [4.78, 5) is 11.8. The summed E-state index contributed by atoms with van der Waals surface area (Å²) in [5.41, 5.74) is 0.664. The van der Waals surface area contributed by atoms with Crippen LogP contribution in [0.4, 0.5) is 0 Å². The van der Waals surface area contributed by atoms with E-state index in [2.05, 4.69) is 0 Å². The van der Waals surface area contributed by atoms with Crippen LogP contribution in [0, 0.1) is 5.41 Å². The van der Waals surface area contributed by atoms with E-state index in [1.807, 2.05) is 51.1 Å². The van der Waals surface area contributed by atoms with Crippen LogP contribution in [0.5, 0.6) is 5.75 Å². The second-order valence-electron chi connectivity index (χ2n) is 5.78. The van der Waals surface area contributed by atoms with E-state index in [-0.39, 0.29) is 17.3 Å². The highest BCUT2D eigenvalue weighted by Gasteiger charge is 2.22. The number of ether oxygens (including phenoxy) is 2. The lowest BCUT2D eigenvalue weighted by Crippen LogP contribution is -2.17. The van der Waals surface area contributed by atoms with Gasteiger partial charge in [-0.25, -0.2) is 0 Å². The quantitative estimate of drug-likeness (QED) is 0.603. The smallest absolute Gasteiger partial charge is 0.161 e. The lowest BCUT2D eigenvalue weighted by atomic mass is 9.90. The van der Waals surface area contributed by atoms with Crippen LogP contribution in [-0.2, 0) is 9.53 Å². The molecule has 1 aliphatic rings. The summed E-state index contributed by atoms with van der Waals surface area (Å²) in [7, 11) is 0. The Hall–Kier alpha value is -1.61. The van der Waals surface area contributed by atoms with Crippen molar-refractivity contribution in [3.63, 3.8) is 0 Å². The van der Waals surface area contributed by atoms with Gasteiger partial charge in [0, 0.05) is 5.41 Å². The number of carbonyl (C=O) groups excluding carboxylic acids is 1. The maximum Gasteiger partial charge on any atom is 0.161 e. The summed E-state index contributed by atoms with van der Waals surface area (Å²) in [6.07, 6.45) is 3.74. The molecular formula is C16H20O3. The number of benzene rings is 1. The number of ketones is 1. The Morgan fingerprint density at radius 2 is 2.00 bits per heavy atom. The van der Waals surface area contributed by atoms with Crippen molar-refractivity contribution in [3.8, 4) is 5.75 Å². The van der Waals surface area contributed by atoms with E-state index in [4.69, 9.17) is 9.47 Å². The lowest BCUT2D eigenvalue weighted by molar-refractivity contribution is -0.121. The van der Waals surface area contributed by atoms with Crippen molar-refractivity contribution in [1.82, 2.24) is 0 Å². The SMILES string of the molecule is CC(C)(C)C(=O)C=Cc1ccc(OCC2CO2)cc1. The van der Waals surface area contributed by atoms with E-state index < -0.39 is 0 Å². The molecule has 0 aromatic heterocycles. The third kappa shape index (κ3) is 4.52. The minimum atomic E-state index is -0.330. The molecule has 0 aliphatic carbocycles. The number of carbonyl (C=O) groups is 1. The van der Waals surface area contributed by atoms with Crippen molar-refractivity contribution in [2.45, 2.75) is 26.9 Å². The van der Waals surface area contributed by atoms with E-state index in [1.165, 1.54) is 0 Å². The molecule has 1 saturated heterocycles. The molecule has 0 spiro atoms. The molecule has 3 heteroatoms. The van der Waals surface area contributed by atoms with Crippen molar-refractivity contribution in [2.75, 3.05) is 13.2 Å². The first-order chi connectivity index (χ1) is 8.95. The number of allylic oxidation sites excluding steroid dienone is 1. The van der Waals surface area contributed by atoms with Gasteiger partial charge in [-0.3, -0.25) is 4.79 Å². The summed E-state index contributed by atoms with van der Waals surface area (Å²) in [5, 5.41) is 0. The van der Waals surface area contributed by atoms with E-state index in [0.29, 0.717) is 6.61 Å². The third-order valence-electron chi connectivity index (χ3n) is 2.88. The van der Waals surface area contributed by atoms with Gasteiger partial charge < -0.3 is 9.47 Å². The monoisotopic (exact) mass is 260 g/mol. The van der Waals surface area contributed by atoms with Gasteiger partial charge in [0.15, 0.2) is 5.78 Å². The Morgan fingerprint density at radius 1 is 1.37 bits per heavy atom. The van der Waals surface area contributed by atoms with Crippen LogP contribution in [0.1, 0.15) is 26.3 Å². The Morgan fingerprint density at radius 3 is 2.53 bits per heavy atom. The molecule has 19 heavy (non-hydrogen) atoms. The number of hydrogen-bond acceptors (Lipinski definition) is 3. The van der Waals surface area contributed by atoms with Gasteiger partial charge in [0.2, 0.25) is 0 Å². The second kappa shape index (κ2) is 5.57. The van der Waals surface area contributed by atoms with E-state index in [9.17, 15) is 4.79 Å². The van der Waals surface area contributed by atoms with Crippen LogP contribution in [0.3, 0.4) is 0 Å². The molecule has 2 rings (SSSR count). The Labute approximate surface area is 114 Å². The van der Waals surface area contributed by atoms with Crippen LogP contribution in [0.2, 0.25) is 0 Å². The minimum absolute atomic E-state index is 0.124. The zero-order chi connectivity index (χ0) is 13.9. The van der Waals surface area contributed by atoms with Gasteiger partial charge in [-0.2, -0.15) is 0 Å². The molecule has 1 aromatic carbocycles. The normalized spacial score (nSPS) is 18.6. The van der Waals surface area contributed by atoms with Crippen LogP contribution >= 0.6 is 0 Å². The summed E-state index contributed by atoms with van der Waals surface area (Å²) in [6, 6.07) is 7.69. The zero-order valence-corrected chi connectivity index (χ0v) is 11.7. The number of hydrogen-bond donors (Lipinski definition) is 0. The summed E-state index contributed by atoms with van der Waals surface area (Å²) in [5.74, 6) is 0.952. The van der Waals surface area contributed by atoms with Crippen LogP contribution in [0.25, 0.3) is 6.08 Å². The fourth-order valence-corrected chi connectivity index (χ4v) is 1.45. The van der Waals surface area contributed by atoms with Gasteiger partial charge in [-0.1, -0.05) is 39.0 Å². The molecule has 102 valence electrons. The van der Waals surface area contributed by atoms with Crippen molar-refractivity contribution in [3.05, 3.63) is 35.9 Å². The second-order valence-corrected chi connectivity index (χ2v) is 5.78. The summed E-state index contributed by atoms with van der Waals surface area (Å²) in [6.45, 7) is 7.15. The first-order valence-corrected chi connectivity index (χ1v) is 6.52. The zero-order valence-electron chi connectivity index (χ0n) is 11.7. The molecule has 0 bridgehead atoms. The molecule has 0 amide bonds. The van der Waals surface area contributed by atoms with Gasteiger partial charge >= 0.3 is 0 Å². The molecule has 1 heterocycles. The first kappa shape index (κ1) is 13.8. The predicted octanol–water partition coefficient (Wildman–Crippen LogP) is 3.09. The van der Waals surface area contributed by atoms with E-state index in [1.54, 1.807) is 6.08 Å². The average Bonchev–Trinajstić information content (AvgIpc) is 3.17. The molecule has 1 atom stereocenters. The maximum absolute atomic E-state index is 11.8. The fourth-order valence-electron chi connectivity index (χ4n) is 1.45. The van der Waals surface area contributed by atoms with E-state index >= 15 is 0 Å². The molecular weight excluding hydrogens is 240 g/mol. The third-order valence-corrected chi connectivity index (χ3v) is 2.88. The fraction of sp³-hybridized carbons (Fsp3) is 0.438. The molecule has 0 radical (unpaired) electrons. The van der Waals surface area contributed by atoms with Crippen LogP contribution in [-0.4, -0.2) is 25.1 Å². The molecule has 1 fully saturated rings. The summed E-state index contributed by atoms with van der Waals surface area (Å²) >= 11 is 0. The van der Waals surface area contributed by atoms with E-state index in [0.717, 1.165) is 17.9 Å². The minimum Gasteiger partial charge on any atom is -0.491 e. The van der Waals surface area contributed by atoms with Crippen molar-refractivity contribution >= 4 is 11.9 Å². The molecule has 3 nitrogen and oxygen atoms in total. The topological polar surface area (TPSA) is 38.8 Å². The molecule has 0 saturated carbocycles. The first-order valence-electron chi connectivity index (χ1n) is 6.52. The Balaban J connectivity index is 1.90. The highest BCUT2D eigenvalue weighted by molar-refractivity contribution is 5.97. The van der Waals surface area contributed by atoms with Gasteiger partial charge in [0.25, 0.3) is 0 Å². The molecule has 1 aromatic rings. The van der Waals surface area contributed by atoms with Gasteiger partial charge in [-0.05, 0) is 23.8 Å². The highest BCUT2D eigenvalue weighted by Crippen LogP contribution is 2.18. The predicted molar refractivity (Wildman–Crippen MR) is 75.2 cm³/mol. The van der Waals surface area contributed by atoms with Crippen LogP contribution < -0.4 is 4.74 Å². The summed E-state index contributed by atoms with van der Waals surface area (Å²) < 4.78 is 10.6. The molecule has 0 N–H and O–H groups in total. The number of rotatable bonds is 5. The average molecular weight is 260 g/mol.